The van der Waals surface area contributed by atoms with Crippen molar-refractivity contribution in [3.63, 3.8) is 0 Å². The van der Waals surface area contributed by atoms with Gasteiger partial charge < -0.3 is 10.6 Å². The van der Waals surface area contributed by atoms with Crippen LogP contribution in [0.25, 0.3) is 0 Å². The highest BCUT2D eigenvalue weighted by Crippen LogP contribution is 2.22. The monoisotopic (exact) mass is 329 g/mol. The van der Waals surface area contributed by atoms with E-state index in [4.69, 9.17) is 5.26 Å². The highest BCUT2D eigenvalue weighted by Gasteiger charge is 2.06. The third-order valence-corrected chi connectivity index (χ3v) is 3.75. The molecule has 2 aromatic carbocycles. The molecule has 0 bridgehead atoms. The standard InChI is InChI=1S/C20H19N5/c1-13-7-8-18(14(2)9-13)24-20-22-15(3)10-19(25-20)23-17-6-4-5-16(11-17)12-21/h4-11H,1-3H3,(H2,22,23,24,25). The maximum absolute atomic E-state index is 9.01. The van der Waals surface area contributed by atoms with Crippen molar-refractivity contribution < 1.29 is 0 Å². The summed E-state index contributed by atoms with van der Waals surface area (Å²) in [6.07, 6.45) is 0. The van der Waals surface area contributed by atoms with Gasteiger partial charge >= 0.3 is 0 Å². The fourth-order valence-corrected chi connectivity index (χ4v) is 2.58. The number of nitrogens with one attached hydrogen (secondary N) is 2. The summed E-state index contributed by atoms with van der Waals surface area (Å²) < 4.78 is 0. The molecule has 3 rings (SSSR count). The molecule has 0 saturated heterocycles. The van der Waals surface area contributed by atoms with Gasteiger partial charge in [-0.05, 0) is 50.6 Å². The van der Waals surface area contributed by atoms with E-state index in [1.807, 2.05) is 31.2 Å². The van der Waals surface area contributed by atoms with Crippen LogP contribution in [0.4, 0.5) is 23.1 Å². The summed E-state index contributed by atoms with van der Waals surface area (Å²) in [7, 11) is 0. The van der Waals surface area contributed by atoms with Crippen LogP contribution in [0.1, 0.15) is 22.4 Å². The van der Waals surface area contributed by atoms with Crippen LogP contribution < -0.4 is 10.6 Å². The molecule has 1 aromatic heterocycles. The van der Waals surface area contributed by atoms with E-state index in [1.165, 1.54) is 5.56 Å². The zero-order valence-corrected chi connectivity index (χ0v) is 14.5. The lowest BCUT2D eigenvalue weighted by Crippen LogP contribution is -2.03. The lowest BCUT2D eigenvalue weighted by Gasteiger charge is -2.12. The molecule has 5 heteroatoms. The minimum atomic E-state index is 0.533. The molecule has 1 heterocycles. The summed E-state index contributed by atoms with van der Waals surface area (Å²) in [6.45, 7) is 6.04. The van der Waals surface area contributed by atoms with E-state index in [9.17, 15) is 0 Å². The molecule has 3 aromatic rings. The number of benzene rings is 2. The SMILES string of the molecule is Cc1ccc(Nc2nc(C)cc(Nc3cccc(C#N)c3)n2)c(C)c1. The number of nitrogens with zero attached hydrogens (tertiary/aromatic N) is 3. The topological polar surface area (TPSA) is 73.6 Å². The molecule has 0 unspecified atom stereocenters. The van der Waals surface area contributed by atoms with Crippen molar-refractivity contribution in [3.8, 4) is 6.07 Å². The van der Waals surface area contributed by atoms with Gasteiger partial charge in [0.1, 0.15) is 5.82 Å². The van der Waals surface area contributed by atoms with E-state index in [-0.39, 0.29) is 0 Å². The predicted molar refractivity (Wildman–Crippen MR) is 100 cm³/mol. The van der Waals surface area contributed by atoms with Gasteiger partial charge in [0.05, 0.1) is 11.6 Å². The van der Waals surface area contributed by atoms with Gasteiger partial charge in [-0.1, -0.05) is 23.8 Å². The lowest BCUT2D eigenvalue weighted by molar-refractivity contribution is 1.10. The van der Waals surface area contributed by atoms with Crippen molar-refractivity contribution >= 4 is 23.1 Å². The summed E-state index contributed by atoms with van der Waals surface area (Å²) in [5, 5.41) is 15.5. The molecule has 0 radical (unpaired) electrons. The Hall–Kier alpha value is -3.39. The molecule has 0 aliphatic rings. The van der Waals surface area contributed by atoms with Gasteiger partial charge in [-0.3, -0.25) is 0 Å². The Morgan fingerprint density at radius 3 is 2.52 bits per heavy atom. The molecule has 2 N–H and O–H groups in total. The number of hydrogen-bond donors (Lipinski definition) is 2. The van der Waals surface area contributed by atoms with Crippen LogP contribution in [0.3, 0.4) is 0 Å². The molecular formula is C20H19N5. The largest absolute Gasteiger partial charge is 0.340 e. The first-order valence-corrected chi connectivity index (χ1v) is 8.00. The van der Waals surface area contributed by atoms with Crippen LogP contribution in [0, 0.1) is 32.1 Å². The molecule has 25 heavy (non-hydrogen) atoms. The molecular weight excluding hydrogens is 310 g/mol. The van der Waals surface area contributed by atoms with Gasteiger partial charge in [0.2, 0.25) is 5.95 Å². The van der Waals surface area contributed by atoms with E-state index in [0.29, 0.717) is 17.3 Å². The van der Waals surface area contributed by atoms with Gasteiger partial charge in [0.15, 0.2) is 0 Å². The first-order valence-electron chi connectivity index (χ1n) is 8.00. The van der Waals surface area contributed by atoms with Crippen molar-refractivity contribution in [1.29, 1.82) is 5.26 Å². The molecule has 0 atom stereocenters. The third-order valence-electron chi connectivity index (χ3n) is 3.75. The van der Waals surface area contributed by atoms with Gasteiger partial charge in [0.25, 0.3) is 0 Å². The lowest BCUT2D eigenvalue weighted by atomic mass is 10.1. The molecule has 124 valence electrons. The van der Waals surface area contributed by atoms with Crippen LogP contribution in [-0.2, 0) is 0 Å². The number of aromatic nitrogens is 2. The summed E-state index contributed by atoms with van der Waals surface area (Å²) in [6, 6.07) is 17.5. The third kappa shape index (κ3) is 4.12. The number of nitriles is 1. The predicted octanol–water partition coefficient (Wildman–Crippen LogP) is 4.76. The summed E-state index contributed by atoms with van der Waals surface area (Å²) in [4.78, 5) is 8.98. The number of rotatable bonds is 4. The second-order valence-electron chi connectivity index (χ2n) is 5.98. The molecule has 0 spiro atoms. The highest BCUT2D eigenvalue weighted by molar-refractivity contribution is 5.63. The van der Waals surface area contributed by atoms with Gasteiger partial charge in [-0.25, -0.2) is 4.98 Å². The zero-order chi connectivity index (χ0) is 17.8. The Labute approximate surface area is 147 Å². The van der Waals surface area contributed by atoms with Crippen molar-refractivity contribution in [1.82, 2.24) is 9.97 Å². The van der Waals surface area contributed by atoms with E-state index < -0.39 is 0 Å². The Morgan fingerprint density at radius 2 is 1.76 bits per heavy atom. The minimum absolute atomic E-state index is 0.533. The van der Waals surface area contributed by atoms with Crippen LogP contribution >= 0.6 is 0 Å². The molecule has 5 nitrogen and oxygen atoms in total. The first-order chi connectivity index (χ1) is 12.0. The molecule has 0 saturated carbocycles. The second-order valence-corrected chi connectivity index (χ2v) is 5.98. The Bertz CT molecular complexity index is 957. The average molecular weight is 329 g/mol. The van der Waals surface area contributed by atoms with Crippen molar-refractivity contribution in [2.45, 2.75) is 20.8 Å². The van der Waals surface area contributed by atoms with Crippen LogP contribution in [0.15, 0.2) is 48.5 Å². The Kier molecular flexibility index (Phi) is 4.62. The van der Waals surface area contributed by atoms with Crippen molar-refractivity contribution in [2.75, 3.05) is 10.6 Å². The smallest absolute Gasteiger partial charge is 0.229 e. The van der Waals surface area contributed by atoms with E-state index in [1.54, 1.807) is 12.1 Å². The maximum atomic E-state index is 9.01. The molecule has 0 amide bonds. The van der Waals surface area contributed by atoms with Crippen LogP contribution in [0.2, 0.25) is 0 Å². The minimum Gasteiger partial charge on any atom is -0.340 e. The quantitative estimate of drug-likeness (QED) is 0.722. The van der Waals surface area contributed by atoms with Crippen molar-refractivity contribution in [2.24, 2.45) is 0 Å². The van der Waals surface area contributed by atoms with Gasteiger partial charge in [-0.15, -0.1) is 0 Å². The molecule has 0 aliphatic heterocycles. The van der Waals surface area contributed by atoms with E-state index in [2.05, 4.69) is 52.7 Å². The second kappa shape index (κ2) is 7.02. The average Bonchev–Trinajstić information content (AvgIpc) is 2.57. The van der Waals surface area contributed by atoms with Crippen LogP contribution in [-0.4, -0.2) is 9.97 Å². The normalized spacial score (nSPS) is 10.2. The Balaban J connectivity index is 1.86. The highest BCUT2D eigenvalue weighted by atomic mass is 15.1. The summed E-state index contributed by atoms with van der Waals surface area (Å²) in [5.41, 5.74) is 5.60. The maximum Gasteiger partial charge on any atom is 0.229 e. The fraction of sp³-hybridized carbons (Fsp3) is 0.150. The number of hydrogen-bond acceptors (Lipinski definition) is 5. The first kappa shape index (κ1) is 16.5. The van der Waals surface area contributed by atoms with E-state index in [0.717, 1.165) is 22.6 Å². The Morgan fingerprint density at radius 1 is 0.920 bits per heavy atom. The van der Waals surface area contributed by atoms with E-state index >= 15 is 0 Å². The van der Waals surface area contributed by atoms with Gasteiger partial charge in [0, 0.05) is 23.1 Å². The molecule has 0 aliphatic carbocycles. The fourth-order valence-electron chi connectivity index (χ4n) is 2.58. The van der Waals surface area contributed by atoms with Gasteiger partial charge in [-0.2, -0.15) is 10.2 Å². The van der Waals surface area contributed by atoms with Crippen LogP contribution in [0.5, 0.6) is 0 Å². The van der Waals surface area contributed by atoms with Crippen molar-refractivity contribution in [3.05, 3.63) is 70.9 Å². The number of anilines is 4. The summed E-state index contributed by atoms with van der Waals surface area (Å²) >= 11 is 0. The molecule has 0 fully saturated rings. The summed E-state index contributed by atoms with van der Waals surface area (Å²) in [5.74, 6) is 1.21. The number of aryl methyl sites for hydroxylation is 3. The zero-order valence-electron chi connectivity index (χ0n) is 14.5.